The highest BCUT2D eigenvalue weighted by atomic mass is 19.1. The second-order valence-corrected chi connectivity index (χ2v) is 4.86. The van der Waals surface area contributed by atoms with Gasteiger partial charge in [0.25, 0.3) is 0 Å². The Bertz CT molecular complexity index is 457. The van der Waals surface area contributed by atoms with Crippen LogP contribution >= 0.6 is 0 Å². The molecule has 0 spiro atoms. The molecule has 1 aliphatic carbocycles. The molecule has 0 radical (unpaired) electrons. The Morgan fingerprint density at radius 1 is 1.37 bits per heavy atom. The quantitative estimate of drug-likeness (QED) is 0.381. The molecule has 1 aromatic carbocycles. The number of hydrogen-bond donors (Lipinski definition) is 2. The first kappa shape index (κ1) is 13.8. The van der Waals surface area contributed by atoms with E-state index in [1.165, 1.54) is 31.4 Å². The second-order valence-electron chi connectivity index (χ2n) is 4.86. The van der Waals surface area contributed by atoms with Gasteiger partial charge in [0.15, 0.2) is 5.84 Å². The van der Waals surface area contributed by atoms with Gasteiger partial charge in [-0.2, -0.15) is 0 Å². The molecular weight excluding hydrogens is 247 g/mol. The van der Waals surface area contributed by atoms with Gasteiger partial charge in [-0.15, -0.1) is 0 Å². The molecule has 104 valence electrons. The first-order valence-corrected chi connectivity index (χ1v) is 6.58. The third kappa shape index (κ3) is 3.67. The molecule has 1 aromatic rings. The van der Waals surface area contributed by atoms with E-state index in [2.05, 4.69) is 5.16 Å². The van der Waals surface area contributed by atoms with Crippen molar-refractivity contribution in [2.24, 2.45) is 10.9 Å². The summed E-state index contributed by atoms with van der Waals surface area (Å²) in [4.78, 5) is 0. The van der Waals surface area contributed by atoms with Crippen molar-refractivity contribution in [3.63, 3.8) is 0 Å². The lowest BCUT2D eigenvalue weighted by Crippen LogP contribution is -2.19. The first-order chi connectivity index (χ1) is 9.20. The van der Waals surface area contributed by atoms with Crippen molar-refractivity contribution < 1.29 is 14.3 Å². The number of rotatable bonds is 4. The van der Waals surface area contributed by atoms with E-state index in [0.29, 0.717) is 12.2 Å². The molecule has 0 saturated heterocycles. The van der Waals surface area contributed by atoms with E-state index in [1.807, 2.05) is 0 Å². The van der Waals surface area contributed by atoms with Crippen molar-refractivity contribution in [1.29, 1.82) is 0 Å². The lowest BCUT2D eigenvalue weighted by molar-refractivity contribution is 0.0168. The summed E-state index contributed by atoms with van der Waals surface area (Å²) in [5, 5.41) is 11.6. The van der Waals surface area contributed by atoms with Crippen LogP contribution in [0.5, 0.6) is 0 Å². The smallest absolute Gasteiger partial charge is 0.170 e. The molecule has 5 heteroatoms. The van der Waals surface area contributed by atoms with Crippen LogP contribution in [0.2, 0.25) is 0 Å². The minimum atomic E-state index is -0.414. The van der Waals surface area contributed by atoms with Crippen molar-refractivity contribution in [2.45, 2.75) is 44.8 Å². The van der Waals surface area contributed by atoms with Gasteiger partial charge in [-0.1, -0.05) is 30.5 Å². The van der Waals surface area contributed by atoms with E-state index in [4.69, 9.17) is 15.7 Å². The van der Waals surface area contributed by atoms with Crippen LogP contribution in [0.4, 0.5) is 4.39 Å². The zero-order chi connectivity index (χ0) is 13.7. The van der Waals surface area contributed by atoms with Gasteiger partial charge in [0.2, 0.25) is 0 Å². The molecule has 0 atom stereocenters. The normalized spacial score (nSPS) is 17.6. The Kier molecular flexibility index (Phi) is 4.74. The van der Waals surface area contributed by atoms with Crippen molar-refractivity contribution >= 4 is 5.84 Å². The molecule has 0 aromatic heterocycles. The van der Waals surface area contributed by atoms with Crippen LogP contribution in [0.1, 0.15) is 43.2 Å². The Morgan fingerprint density at radius 3 is 2.79 bits per heavy atom. The summed E-state index contributed by atoms with van der Waals surface area (Å²) in [6.07, 6.45) is 6.06. The molecule has 4 nitrogen and oxygen atoms in total. The fraction of sp³-hybridized carbons (Fsp3) is 0.500. The third-order valence-corrected chi connectivity index (χ3v) is 3.48. The highest BCUT2D eigenvalue weighted by Crippen LogP contribution is 2.22. The number of hydrogen-bond acceptors (Lipinski definition) is 3. The standard InChI is InChI=1S/C14H19FN2O2/c15-11-7-6-10(13(8-11)14(16)17-18)9-19-12-4-2-1-3-5-12/h6-8,12,18H,1-5,9H2,(H2,16,17). The Hall–Kier alpha value is -1.62. The fourth-order valence-electron chi connectivity index (χ4n) is 2.41. The minimum Gasteiger partial charge on any atom is -0.409 e. The van der Waals surface area contributed by atoms with Crippen molar-refractivity contribution in [3.05, 3.63) is 35.1 Å². The van der Waals surface area contributed by atoms with Crippen molar-refractivity contribution in [3.8, 4) is 0 Å². The molecule has 0 unspecified atom stereocenters. The minimum absolute atomic E-state index is 0.0956. The molecule has 0 aliphatic heterocycles. The monoisotopic (exact) mass is 266 g/mol. The summed E-state index contributed by atoms with van der Waals surface area (Å²) in [5.74, 6) is -0.509. The number of nitrogens with two attached hydrogens (primary N) is 1. The van der Waals surface area contributed by atoms with Crippen LogP contribution in [0, 0.1) is 5.82 Å². The van der Waals surface area contributed by atoms with Gasteiger partial charge in [-0.3, -0.25) is 0 Å². The molecule has 1 saturated carbocycles. The van der Waals surface area contributed by atoms with Crippen LogP contribution in [-0.2, 0) is 11.3 Å². The summed E-state index contributed by atoms with van der Waals surface area (Å²) < 4.78 is 19.0. The molecule has 3 N–H and O–H groups in total. The summed E-state index contributed by atoms with van der Waals surface area (Å²) in [5.41, 5.74) is 6.68. The average Bonchev–Trinajstić information content (AvgIpc) is 2.46. The van der Waals surface area contributed by atoms with Crippen LogP contribution in [0.15, 0.2) is 23.4 Å². The molecule has 0 amide bonds. The van der Waals surface area contributed by atoms with Crippen molar-refractivity contribution in [1.82, 2.24) is 0 Å². The predicted molar refractivity (Wildman–Crippen MR) is 70.6 cm³/mol. The maximum absolute atomic E-state index is 13.2. The van der Waals surface area contributed by atoms with E-state index >= 15 is 0 Å². The number of oxime groups is 1. The lowest BCUT2D eigenvalue weighted by atomic mass is 9.97. The van der Waals surface area contributed by atoms with E-state index in [-0.39, 0.29) is 11.9 Å². The Labute approximate surface area is 112 Å². The topological polar surface area (TPSA) is 67.8 Å². The van der Waals surface area contributed by atoms with Crippen LogP contribution < -0.4 is 5.73 Å². The number of ether oxygens (including phenoxy) is 1. The summed E-state index contributed by atoms with van der Waals surface area (Å²) >= 11 is 0. The molecule has 0 heterocycles. The van der Waals surface area contributed by atoms with Gasteiger partial charge in [0.1, 0.15) is 5.82 Å². The number of benzene rings is 1. The van der Waals surface area contributed by atoms with Crippen LogP contribution in [0.3, 0.4) is 0 Å². The summed E-state index contributed by atoms with van der Waals surface area (Å²) in [6.45, 7) is 0.358. The van der Waals surface area contributed by atoms with E-state index < -0.39 is 5.82 Å². The van der Waals surface area contributed by atoms with Crippen LogP contribution in [-0.4, -0.2) is 17.1 Å². The molecule has 0 bridgehead atoms. The highest BCUT2D eigenvalue weighted by molar-refractivity contribution is 5.98. The second kappa shape index (κ2) is 6.52. The maximum atomic E-state index is 13.2. The molecule has 2 rings (SSSR count). The number of nitrogens with zero attached hydrogens (tertiary/aromatic N) is 1. The zero-order valence-corrected chi connectivity index (χ0v) is 10.8. The van der Waals surface area contributed by atoms with E-state index in [9.17, 15) is 4.39 Å². The number of halogens is 1. The molecule has 19 heavy (non-hydrogen) atoms. The van der Waals surface area contributed by atoms with Gasteiger partial charge >= 0.3 is 0 Å². The van der Waals surface area contributed by atoms with Gasteiger partial charge in [-0.25, -0.2) is 4.39 Å². The molecule has 1 fully saturated rings. The van der Waals surface area contributed by atoms with E-state index in [1.54, 1.807) is 6.07 Å². The Morgan fingerprint density at radius 2 is 2.11 bits per heavy atom. The fourth-order valence-corrected chi connectivity index (χ4v) is 2.41. The Balaban J connectivity index is 2.06. The van der Waals surface area contributed by atoms with Gasteiger partial charge in [0.05, 0.1) is 12.7 Å². The SMILES string of the molecule is NC(=NO)c1cc(F)ccc1COC1CCCCC1. The van der Waals surface area contributed by atoms with Crippen molar-refractivity contribution in [2.75, 3.05) is 0 Å². The molecular formula is C14H19FN2O2. The largest absolute Gasteiger partial charge is 0.409 e. The molecule has 1 aliphatic rings. The van der Waals surface area contributed by atoms with Crippen LogP contribution in [0.25, 0.3) is 0 Å². The maximum Gasteiger partial charge on any atom is 0.170 e. The predicted octanol–water partition coefficient (Wildman–Crippen LogP) is 2.77. The summed E-state index contributed by atoms with van der Waals surface area (Å²) in [7, 11) is 0. The van der Waals surface area contributed by atoms with E-state index in [0.717, 1.165) is 18.4 Å². The highest BCUT2D eigenvalue weighted by Gasteiger charge is 2.15. The van der Waals surface area contributed by atoms with Gasteiger partial charge in [-0.05, 0) is 30.5 Å². The van der Waals surface area contributed by atoms with Gasteiger partial charge < -0.3 is 15.7 Å². The number of amidine groups is 1. The lowest BCUT2D eigenvalue weighted by Gasteiger charge is -2.22. The van der Waals surface area contributed by atoms with Gasteiger partial charge in [0, 0.05) is 5.56 Å². The third-order valence-electron chi connectivity index (χ3n) is 3.48. The average molecular weight is 266 g/mol. The zero-order valence-electron chi connectivity index (χ0n) is 10.8. The first-order valence-electron chi connectivity index (χ1n) is 6.58. The summed E-state index contributed by atoms with van der Waals surface area (Å²) in [6, 6.07) is 4.23.